The fraction of sp³-hybridized carbons (Fsp3) is 0.267. The van der Waals surface area contributed by atoms with E-state index in [0.29, 0.717) is 0 Å². The van der Waals surface area contributed by atoms with Crippen LogP contribution >= 0.6 is 0 Å². The minimum atomic E-state index is -0.0113. The first-order chi connectivity index (χ1) is 10.3. The first-order valence-electron chi connectivity index (χ1n) is 6.99. The number of para-hydroxylation sites is 1. The molecule has 1 N–H and O–H groups in total. The monoisotopic (exact) mass is 282 g/mol. The minimum absolute atomic E-state index is 0.0113. The van der Waals surface area contributed by atoms with Gasteiger partial charge in [0.1, 0.15) is 5.69 Å². The Morgan fingerprint density at radius 1 is 1.14 bits per heavy atom. The summed E-state index contributed by atoms with van der Waals surface area (Å²) in [6, 6.07) is 9.87. The lowest BCUT2D eigenvalue weighted by molar-refractivity contribution is 0.640. The highest BCUT2D eigenvalue weighted by Crippen LogP contribution is 2.19. The number of nitrogens with one attached hydrogen (secondary N) is 1. The van der Waals surface area contributed by atoms with Crippen molar-refractivity contribution < 1.29 is 0 Å². The number of hydrogen-bond acceptors (Lipinski definition) is 4. The zero-order valence-corrected chi connectivity index (χ0v) is 12.1. The van der Waals surface area contributed by atoms with Crippen LogP contribution in [0, 0.1) is 0 Å². The van der Waals surface area contributed by atoms with Crippen molar-refractivity contribution in [2.45, 2.75) is 19.5 Å². The van der Waals surface area contributed by atoms with E-state index in [0.717, 1.165) is 23.5 Å². The van der Waals surface area contributed by atoms with Gasteiger partial charge in [-0.1, -0.05) is 18.2 Å². The van der Waals surface area contributed by atoms with E-state index in [9.17, 15) is 0 Å². The lowest BCUT2D eigenvalue weighted by atomic mass is 10.1. The van der Waals surface area contributed by atoms with Gasteiger partial charge in [0.05, 0.1) is 24.1 Å². The molecule has 1 aromatic carbocycles. The maximum absolute atomic E-state index is 4.57. The zero-order chi connectivity index (χ0) is 14.7. The summed E-state index contributed by atoms with van der Waals surface area (Å²) in [7, 11) is 1.91. The third-order valence-electron chi connectivity index (χ3n) is 3.39. The second-order valence-electron chi connectivity index (χ2n) is 4.75. The van der Waals surface area contributed by atoms with Gasteiger partial charge < -0.3 is 5.32 Å². The summed E-state index contributed by atoms with van der Waals surface area (Å²) in [4.78, 5) is 1.64. The molecule has 0 aliphatic rings. The molecule has 108 valence electrons. The van der Waals surface area contributed by atoms with E-state index >= 15 is 0 Å². The number of aryl methyl sites for hydroxylation is 1. The van der Waals surface area contributed by atoms with Gasteiger partial charge in [-0.15, -0.1) is 0 Å². The highest BCUT2D eigenvalue weighted by Gasteiger charge is 2.17. The van der Waals surface area contributed by atoms with Crippen molar-refractivity contribution in [1.82, 2.24) is 30.1 Å². The molecule has 0 saturated heterocycles. The summed E-state index contributed by atoms with van der Waals surface area (Å²) in [6.07, 6.45) is 5.69. The Balaban J connectivity index is 1.90. The maximum Gasteiger partial charge on any atom is 0.105 e. The van der Waals surface area contributed by atoms with Crippen LogP contribution in [0.4, 0.5) is 0 Å². The van der Waals surface area contributed by atoms with Crippen LogP contribution in [0.1, 0.15) is 24.2 Å². The second kappa shape index (κ2) is 5.88. The Morgan fingerprint density at radius 3 is 2.62 bits per heavy atom. The van der Waals surface area contributed by atoms with Gasteiger partial charge in [0.15, 0.2) is 0 Å². The summed E-state index contributed by atoms with van der Waals surface area (Å²) < 4.78 is 1.90. The average Bonchev–Trinajstić information content (AvgIpc) is 3.19. The van der Waals surface area contributed by atoms with Crippen LogP contribution < -0.4 is 5.32 Å². The molecule has 1 unspecified atom stereocenters. The van der Waals surface area contributed by atoms with Crippen molar-refractivity contribution >= 4 is 0 Å². The van der Waals surface area contributed by atoms with Crippen LogP contribution in [0.25, 0.3) is 5.69 Å². The highest BCUT2D eigenvalue weighted by molar-refractivity contribution is 5.29. The smallest absolute Gasteiger partial charge is 0.105 e. The predicted octanol–water partition coefficient (Wildman–Crippen LogP) is 1.79. The van der Waals surface area contributed by atoms with Crippen LogP contribution in [-0.4, -0.2) is 31.8 Å². The van der Waals surface area contributed by atoms with Gasteiger partial charge in [-0.3, -0.25) is 4.68 Å². The molecular weight excluding hydrogens is 264 g/mol. The maximum atomic E-state index is 4.57. The predicted molar refractivity (Wildman–Crippen MR) is 80.2 cm³/mol. The largest absolute Gasteiger partial charge is 0.308 e. The number of nitrogens with zero attached hydrogens (tertiary/aromatic N) is 5. The Hall–Kier alpha value is -2.47. The molecule has 0 amide bonds. The van der Waals surface area contributed by atoms with Crippen LogP contribution in [0.2, 0.25) is 0 Å². The molecule has 21 heavy (non-hydrogen) atoms. The normalized spacial score (nSPS) is 12.5. The van der Waals surface area contributed by atoms with Gasteiger partial charge in [0.25, 0.3) is 0 Å². The minimum Gasteiger partial charge on any atom is -0.308 e. The third kappa shape index (κ3) is 2.71. The number of rotatable bonds is 5. The van der Waals surface area contributed by atoms with Gasteiger partial charge in [0.2, 0.25) is 0 Å². The molecular formula is C15H18N6. The molecule has 6 heteroatoms. The van der Waals surface area contributed by atoms with Crippen LogP contribution in [-0.2, 0) is 6.54 Å². The quantitative estimate of drug-likeness (QED) is 0.775. The zero-order valence-electron chi connectivity index (χ0n) is 12.1. The molecule has 2 heterocycles. The van der Waals surface area contributed by atoms with E-state index in [2.05, 4.69) is 27.5 Å². The summed E-state index contributed by atoms with van der Waals surface area (Å²) in [5, 5.41) is 16.5. The van der Waals surface area contributed by atoms with Crippen molar-refractivity contribution in [1.29, 1.82) is 0 Å². The van der Waals surface area contributed by atoms with Gasteiger partial charge in [0, 0.05) is 18.3 Å². The molecule has 3 aromatic rings. The summed E-state index contributed by atoms with van der Waals surface area (Å²) in [6.45, 7) is 2.92. The molecule has 0 fully saturated rings. The number of benzene rings is 1. The van der Waals surface area contributed by atoms with Crippen molar-refractivity contribution in [3.05, 3.63) is 60.2 Å². The molecule has 2 aromatic heterocycles. The molecule has 1 atom stereocenters. The Morgan fingerprint density at radius 2 is 1.95 bits per heavy atom. The second-order valence-corrected chi connectivity index (χ2v) is 4.75. The SMILES string of the molecule is CCn1cc(C(NC)c2cnn(-c3ccccc3)n2)cn1. The molecule has 0 saturated carbocycles. The van der Waals surface area contributed by atoms with E-state index in [-0.39, 0.29) is 6.04 Å². The Bertz CT molecular complexity index is 700. The van der Waals surface area contributed by atoms with Crippen molar-refractivity contribution in [2.24, 2.45) is 0 Å². The van der Waals surface area contributed by atoms with Crippen LogP contribution in [0.5, 0.6) is 0 Å². The van der Waals surface area contributed by atoms with Gasteiger partial charge in [-0.25, -0.2) is 0 Å². The average molecular weight is 282 g/mol. The van der Waals surface area contributed by atoms with Crippen LogP contribution in [0.3, 0.4) is 0 Å². The molecule has 0 spiro atoms. The summed E-state index contributed by atoms with van der Waals surface area (Å²) in [5.41, 5.74) is 2.90. The van der Waals surface area contributed by atoms with E-state index in [1.807, 2.05) is 54.5 Å². The van der Waals surface area contributed by atoms with Crippen molar-refractivity contribution in [3.63, 3.8) is 0 Å². The molecule has 3 rings (SSSR count). The first-order valence-corrected chi connectivity index (χ1v) is 6.99. The number of aromatic nitrogens is 5. The summed E-state index contributed by atoms with van der Waals surface area (Å²) >= 11 is 0. The van der Waals surface area contributed by atoms with E-state index in [1.54, 1.807) is 11.0 Å². The van der Waals surface area contributed by atoms with Crippen molar-refractivity contribution in [2.75, 3.05) is 7.05 Å². The molecule has 0 aliphatic heterocycles. The highest BCUT2D eigenvalue weighted by atomic mass is 15.5. The van der Waals surface area contributed by atoms with E-state index in [4.69, 9.17) is 0 Å². The van der Waals surface area contributed by atoms with E-state index < -0.39 is 0 Å². The lowest BCUT2D eigenvalue weighted by Crippen LogP contribution is -2.18. The summed E-state index contributed by atoms with van der Waals surface area (Å²) in [5.74, 6) is 0. The molecule has 0 bridgehead atoms. The van der Waals surface area contributed by atoms with E-state index in [1.165, 1.54) is 0 Å². The fourth-order valence-corrected chi connectivity index (χ4v) is 2.28. The standard InChI is InChI=1S/C15H18N6/c1-3-20-11-12(9-17-20)15(16-2)14-10-18-21(19-14)13-7-5-4-6-8-13/h4-11,15-16H,3H2,1-2H3. The van der Waals surface area contributed by atoms with Gasteiger partial charge in [-0.05, 0) is 26.1 Å². The molecule has 0 radical (unpaired) electrons. The van der Waals surface area contributed by atoms with Crippen LogP contribution in [0.15, 0.2) is 48.9 Å². The molecule has 0 aliphatic carbocycles. The number of hydrogen-bond donors (Lipinski definition) is 1. The van der Waals surface area contributed by atoms with Crippen molar-refractivity contribution in [3.8, 4) is 5.69 Å². The fourth-order valence-electron chi connectivity index (χ4n) is 2.28. The van der Waals surface area contributed by atoms with Gasteiger partial charge >= 0.3 is 0 Å². The first kappa shape index (κ1) is 13.5. The molecule has 6 nitrogen and oxygen atoms in total. The lowest BCUT2D eigenvalue weighted by Gasteiger charge is -2.10. The topological polar surface area (TPSA) is 60.6 Å². The van der Waals surface area contributed by atoms with Gasteiger partial charge in [-0.2, -0.15) is 20.1 Å². The Kier molecular flexibility index (Phi) is 3.79. The Labute approximate surface area is 123 Å². The third-order valence-corrected chi connectivity index (χ3v) is 3.39.